The number of hydrogen-bond acceptors (Lipinski definition) is 5. The molecule has 0 amide bonds. The number of nitrogens with one attached hydrogen (secondary N) is 2. The lowest BCUT2D eigenvalue weighted by atomic mass is 10.2. The van der Waals surface area contributed by atoms with Gasteiger partial charge in [-0.3, -0.25) is 4.99 Å². The standard InChI is InChI=1S/C16H30N4O2S.HI/c1-13(2)14-12-23-15(20-14)11-19-16(17-3)18-7-5-6-8-22-10-9-21-4;/h12-13H,5-11H2,1-4H3,(H2,17,18,19);1H. The lowest BCUT2D eigenvalue weighted by molar-refractivity contribution is 0.0689. The highest BCUT2D eigenvalue weighted by atomic mass is 127. The second-order valence-corrected chi connectivity index (χ2v) is 6.43. The third-order valence-corrected chi connectivity index (χ3v) is 4.10. The van der Waals surface area contributed by atoms with Crippen molar-refractivity contribution in [3.8, 4) is 0 Å². The van der Waals surface area contributed by atoms with Gasteiger partial charge in [-0.2, -0.15) is 0 Å². The van der Waals surface area contributed by atoms with Crippen molar-refractivity contribution in [1.29, 1.82) is 0 Å². The summed E-state index contributed by atoms with van der Waals surface area (Å²) in [6, 6.07) is 0. The van der Waals surface area contributed by atoms with Crippen LogP contribution in [0.15, 0.2) is 10.4 Å². The minimum atomic E-state index is 0. The molecule has 1 rings (SSSR count). The van der Waals surface area contributed by atoms with E-state index in [0.29, 0.717) is 25.7 Å². The number of aromatic nitrogens is 1. The molecule has 0 aromatic carbocycles. The number of hydrogen-bond donors (Lipinski definition) is 2. The van der Waals surface area contributed by atoms with E-state index in [-0.39, 0.29) is 24.0 Å². The van der Waals surface area contributed by atoms with Gasteiger partial charge in [-0.05, 0) is 18.8 Å². The molecule has 1 aromatic rings. The van der Waals surface area contributed by atoms with E-state index in [0.717, 1.165) is 42.7 Å². The Bertz CT molecular complexity index is 455. The average Bonchev–Trinajstić information content (AvgIpc) is 3.02. The van der Waals surface area contributed by atoms with Gasteiger partial charge >= 0.3 is 0 Å². The molecule has 0 unspecified atom stereocenters. The highest BCUT2D eigenvalue weighted by Crippen LogP contribution is 2.17. The van der Waals surface area contributed by atoms with Crippen LogP contribution in [0.5, 0.6) is 0 Å². The molecule has 0 radical (unpaired) electrons. The molecule has 6 nitrogen and oxygen atoms in total. The molecule has 0 saturated carbocycles. The van der Waals surface area contributed by atoms with Crippen LogP contribution in [0.25, 0.3) is 0 Å². The van der Waals surface area contributed by atoms with Crippen LogP contribution in [0.3, 0.4) is 0 Å². The number of methoxy groups -OCH3 is 1. The van der Waals surface area contributed by atoms with Gasteiger partial charge in [0.2, 0.25) is 0 Å². The van der Waals surface area contributed by atoms with Crippen LogP contribution in [0.1, 0.15) is 43.3 Å². The van der Waals surface area contributed by atoms with E-state index < -0.39 is 0 Å². The topological polar surface area (TPSA) is 67.8 Å². The van der Waals surface area contributed by atoms with Crippen molar-refractivity contribution in [2.45, 2.75) is 39.2 Å². The minimum absolute atomic E-state index is 0. The van der Waals surface area contributed by atoms with Gasteiger partial charge in [0.25, 0.3) is 0 Å². The van der Waals surface area contributed by atoms with Crippen LogP contribution in [0.2, 0.25) is 0 Å². The van der Waals surface area contributed by atoms with Crippen molar-refractivity contribution in [2.75, 3.05) is 40.5 Å². The Kier molecular flexibility index (Phi) is 14.6. The maximum atomic E-state index is 5.43. The van der Waals surface area contributed by atoms with E-state index in [2.05, 4.69) is 39.8 Å². The van der Waals surface area contributed by atoms with Gasteiger partial charge in [0.05, 0.1) is 25.5 Å². The zero-order valence-electron chi connectivity index (χ0n) is 15.1. The van der Waals surface area contributed by atoms with Gasteiger partial charge in [-0.25, -0.2) is 4.98 Å². The summed E-state index contributed by atoms with van der Waals surface area (Å²) >= 11 is 1.69. The molecule has 24 heavy (non-hydrogen) atoms. The van der Waals surface area contributed by atoms with Crippen molar-refractivity contribution >= 4 is 41.3 Å². The zero-order valence-corrected chi connectivity index (χ0v) is 18.3. The van der Waals surface area contributed by atoms with E-state index in [1.807, 2.05) is 0 Å². The SMILES string of the molecule is CN=C(NCCCCOCCOC)NCc1nc(C(C)C)cs1.I. The molecule has 8 heteroatoms. The fraction of sp³-hybridized carbons (Fsp3) is 0.750. The highest BCUT2D eigenvalue weighted by molar-refractivity contribution is 14.0. The predicted molar refractivity (Wildman–Crippen MR) is 112 cm³/mol. The third-order valence-electron chi connectivity index (χ3n) is 3.23. The maximum absolute atomic E-state index is 5.43. The first-order chi connectivity index (χ1) is 11.2. The Hall–Kier alpha value is -0.450. The van der Waals surface area contributed by atoms with Gasteiger partial charge in [0.1, 0.15) is 5.01 Å². The number of guanidine groups is 1. The molecule has 0 saturated heterocycles. The Labute approximate surface area is 166 Å². The lowest BCUT2D eigenvalue weighted by Crippen LogP contribution is -2.37. The van der Waals surface area contributed by atoms with Crippen LogP contribution in [0, 0.1) is 0 Å². The Morgan fingerprint density at radius 3 is 2.67 bits per heavy atom. The molecule has 0 fully saturated rings. The Morgan fingerprint density at radius 1 is 1.25 bits per heavy atom. The highest BCUT2D eigenvalue weighted by Gasteiger charge is 2.06. The number of unbranched alkanes of at least 4 members (excludes halogenated alkanes) is 1. The molecule has 0 aliphatic rings. The average molecular weight is 470 g/mol. The van der Waals surface area contributed by atoms with Crippen LogP contribution in [-0.2, 0) is 16.0 Å². The fourth-order valence-electron chi connectivity index (χ4n) is 1.83. The summed E-state index contributed by atoms with van der Waals surface area (Å²) in [5.41, 5.74) is 1.16. The van der Waals surface area contributed by atoms with Crippen molar-refractivity contribution in [3.63, 3.8) is 0 Å². The normalized spacial score (nSPS) is 11.5. The summed E-state index contributed by atoms with van der Waals surface area (Å²) < 4.78 is 10.4. The van der Waals surface area contributed by atoms with Crippen LogP contribution < -0.4 is 10.6 Å². The van der Waals surface area contributed by atoms with E-state index in [1.165, 1.54) is 0 Å². The van der Waals surface area contributed by atoms with E-state index in [1.54, 1.807) is 25.5 Å². The third kappa shape index (κ3) is 10.4. The summed E-state index contributed by atoms with van der Waals surface area (Å²) in [6.45, 7) is 7.99. The summed E-state index contributed by atoms with van der Waals surface area (Å²) in [7, 11) is 3.46. The molecule has 0 aliphatic carbocycles. The van der Waals surface area contributed by atoms with E-state index in [9.17, 15) is 0 Å². The van der Waals surface area contributed by atoms with Crippen molar-refractivity contribution in [1.82, 2.24) is 15.6 Å². The number of aliphatic imine (C=N–C) groups is 1. The molecule has 2 N–H and O–H groups in total. The maximum Gasteiger partial charge on any atom is 0.191 e. The van der Waals surface area contributed by atoms with Gasteiger partial charge in [0.15, 0.2) is 5.96 Å². The first kappa shape index (κ1) is 23.5. The molecular formula is C16H31IN4O2S. The summed E-state index contributed by atoms with van der Waals surface area (Å²) in [5, 5.41) is 9.82. The minimum Gasteiger partial charge on any atom is -0.382 e. The van der Waals surface area contributed by atoms with Gasteiger partial charge in [0, 0.05) is 32.7 Å². The molecule has 1 aromatic heterocycles. The fourth-order valence-corrected chi connectivity index (χ4v) is 2.73. The number of nitrogens with zero attached hydrogens (tertiary/aromatic N) is 2. The Balaban J connectivity index is 0.00000529. The van der Waals surface area contributed by atoms with Crippen molar-refractivity contribution in [2.24, 2.45) is 4.99 Å². The van der Waals surface area contributed by atoms with Gasteiger partial charge in [-0.1, -0.05) is 13.8 Å². The molecule has 0 spiro atoms. The van der Waals surface area contributed by atoms with Gasteiger partial charge < -0.3 is 20.1 Å². The number of halogens is 1. The lowest BCUT2D eigenvalue weighted by Gasteiger charge is -2.11. The van der Waals surface area contributed by atoms with Crippen LogP contribution in [0.4, 0.5) is 0 Å². The zero-order chi connectivity index (χ0) is 16.9. The smallest absolute Gasteiger partial charge is 0.191 e. The number of ether oxygens (including phenoxy) is 2. The molecule has 1 heterocycles. The molecule has 140 valence electrons. The second-order valence-electron chi connectivity index (χ2n) is 5.49. The number of thiazole rings is 1. The summed E-state index contributed by atoms with van der Waals surface area (Å²) in [4.78, 5) is 8.83. The molecular weight excluding hydrogens is 439 g/mol. The van der Waals surface area contributed by atoms with Crippen molar-refractivity contribution < 1.29 is 9.47 Å². The molecule has 0 bridgehead atoms. The number of rotatable bonds is 11. The second kappa shape index (κ2) is 14.9. The monoisotopic (exact) mass is 470 g/mol. The largest absolute Gasteiger partial charge is 0.382 e. The predicted octanol–water partition coefficient (Wildman–Crippen LogP) is 2.99. The first-order valence-corrected chi connectivity index (χ1v) is 9.00. The Morgan fingerprint density at radius 2 is 2.04 bits per heavy atom. The molecule has 0 atom stereocenters. The van der Waals surface area contributed by atoms with E-state index in [4.69, 9.17) is 9.47 Å². The first-order valence-electron chi connectivity index (χ1n) is 8.12. The quantitative estimate of drug-likeness (QED) is 0.225. The molecule has 0 aliphatic heterocycles. The summed E-state index contributed by atoms with van der Waals surface area (Å²) in [5.74, 6) is 1.29. The van der Waals surface area contributed by atoms with Crippen LogP contribution >= 0.6 is 35.3 Å². The van der Waals surface area contributed by atoms with E-state index >= 15 is 0 Å². The van der Waals surface area contributed by atoms with Gasteiger partial charge in [-0.15, -0.1) is 35.3 Å². The van der Waals surface area contributed by atoms with Crippen LogP contribution in [-0.4, -0.2) is 51.5 Å². The van der Waals surface area contributed by atoms with Crippen molar-refractivity contribution in [3.05, 3.63) is 16.1 Å². The summed E-state index contributed by atoms with van der Waals surface area (Å²) in [6.07, 6.45) is 2.07.